The van der Waals surface area contributed by atoms with E-state index < -0.39 is 6.10 Å². The number of benzene rings is 1. The van der Waals surface area contributed by atoms with Gasteiger partial charge in [-0.15, -0.1) is 0 Å². The van der Waals surface area contributed by atoms with Crippen molar-refractivity contribution < 1.29 is 28.9 Å². The molecule has 8 heteroatoms. The van der Waals surface area contributed by atoms with Crippen LogP contribution in [-0.2, 0) is 19.1 Å². The van der Waals surface area contributed by atoms with Crippen LogP contribution < -0.4 is 15.4 Å². The van der Waals surface area contributed by atoms with Crippen LogP contribution in [-0.4, -0.2) is 61.6 Å². The van der Waals surface area contributed by atoms with Gasteiger partial charge in [-0.1, -0.05) is 19.3 Å². The lowest BCUT2D eigenvalue weighted by atomic mass is 9.84. The molecule has 2 fully saturated rings. The van der Waals surface area contributed by atoms with Gasteiger partial charge >= 0.3 is 0 Å². The predicted molar refractivity (Wildman–Crippen MR) is 114 cm³/mol. The molecule has 2 aliphatic heterocycles. The maximum absolute atomic E-state index is 12.6. The second-order valence-electron chi connectivity index (χ2n) is 8.74. The minimum atomic E-state index is -0.495. The topological polar surface area (TPSA) is 106 Å². The number of carbonyl (C=O) groups is 2. The van der Waals surface area contributed by atoms with E-state index in [2.05, 4.69) is 10.6 Å². The van der Waals surface area contributed by atoms with Gasteiger partial charge in [0.05, 0.1) is 19.1 Å². The molecular weight excluding hydrogens is 400 g/mol. The van der Waals surface area contributed by atoms with Gasteiger partial charge in [-0.3, -0.25) is 9.59 Å². The Morgan fingerprint density at radius 2 is 2.00 bits per heavy atom. The zero-order chi connectivity index (χ0) is 21.8. The number of nitrogens with one attached hydrogen (secondary N) is 2. The first-order chi connectivity index (χ1) is 15.1. The van der Waals surface area contributed by atoms with E-state index in [1.165, 1.54) is 26.4 Å². The Morgan fingerprint density at radius 3 is 2.74 bits per heavy atom. The van der Waals surface area contributed by atoms with Crippen LogP contribution >= 0.6 is 0 Å². The van der Waals surface area contributed by atoms with E-state index in [9.17, 15) is 14.7 Å². The van der Waals surface area contributed by atoms with E-state index >= 15 is 0 Å². The molecule has 2 amide bonds. The summed E-state index contributed by atoms with van der Waals surface area (Å²) in [7, 11) is 1.47. The number of anilines is 1. The van der Waals surface area contributed by atoms with Crippen molar-refractivity contribution in [1.82, 2.24) is 5.32 Å². The van der Waals surface area contributed by atoms with Gasteiger partial charge in [-0.25, -0.2) is 0 Å². The molecule has 8 nitrogen and oxygen atoms in total. The van der Waals surface area contributed by atoms with Crippen molar-refractivity contribution in [3.63, 3.8) is 0 Å². The van der Waals surface area contributed by atoms with Crippen molar-refractivity contribution in [2.45, 2.75) is 75.2 Å². The highest BCUT2D eigenvalue weighted by atomic mass is 16.6. The summed E-state index contributed by atoms with van der Waals surface area (Å²) in [6, 6.07) is 5.79. The molecule has 1 aliphatic carbocycles. The van der Waals surface area contributed by atoms with Crippen LogP contribution in [0.1, 0.15) is 56.4 Å². The van der Waals surface area contributed by atoms with Crippen LogP contribution in [0.25, 0.3) is 0 Å². The number of aliphatic hydroxyl groups is 1. The second-order valence-corrected chi connectivity index (χ2v) is 8.74. The van der Waals surface area contributed by atoms with Crippen molar-refractivity contribution in [3.05, 3.63) is 23.8 Å². The van der Waals surface area contributed by atoms with E-state index in [0.29, 0.717) is 12.1 Å². The second kappa shape index (κ2) is 9.97. The molecule has 0 aromatic heterocycles. The molecule has 0 unspecified atom stereocenters. The minimum Gasteiger partial charge on any atom is -0.487 e. The lowest BCUT2D eigenvalue weighted by molar-refractivity contribution is -0.142. The van der Waals surface area contributed by atoms with Crippen LogP contribution in [0.2, 0.25) is 0 Å². The summed E-state index contributed by atoms with van der Waals surface area (Å²) in [6.45, 7) is -0.189. The van der Waals surface area contributed by atoms with Crippen molar-refractivity contribution in [2.24, 2.45) is 0 Å². The van der Waals surface area contributed by atoms with E-state index in [1.54, 1.807) is 6.07 Å². The third-order valence-corrected chi connectivity index (χ3v) is 6.44. The molecule has 0 spiro atoms. The molecule has 1 aromatic carbocycles. The molecule has 1 saturated heterocycles. The van der Waals surface area contributed by atoms with Gasteiger partial charge in [0, 0.05) is 30.3 Å². The highest BCUT2D eigenvalue weighted by Crippen LogP contribution is 2.47. The zero-order valence-corrected chi connectivity index (χ0v) is 18.0. The Morgan fingerprint density at radius 1 is 1.19 bits per heavy atom. The van der Waals surface area contributed by atoms with Crippen LogP contribution in [0.3, 0.4) is 0 Å². The first-order valence-electron chi connectivity index (χ1n) is 11.2. The van der Waals surface area contributed by atoms with Crippen LogP contribution in [0.5, 0.6) is 5.75 Å². The Bertz CT molecular complexity index is 794. The summed E-state index contributed by atoms with van der Waals surface area (Å²) in [4.78, 5) is 24.5. The number of hydrogen-bond acceptors (Lipinski definition) is 6. The van der Waals surface area contributed by atoms with Gasteiger partial charge in [0.2, 0.25) is 11.8 Å². The number of carbonyl (C=O) groups excluding carboxylic acids is 2. The van der Waals surface area contributed by atoms with Crippen LogP contribution in [0.4, 0.5) is 5.69 Å². The number of rotatable bonds is 7. The average molecular weight is 433 g/mol. The molecule has 4 rings (SSSR count). The summed E-state index contributed by atoms with van der Waals surface area (Å²) in [6.07, 6.45) is 5.47. The fourth-order valence-corrected chi connectivity index (χ4v) is 5.04. The smallest absolute Gasteiger partial charge is 0.250 e. The largest absolute Gasteiger partial charge is 0.487 e. The summed E-state index contributed by atoms with van der Waals surface area (Å²) < 4.78 is 17.0. The summed E-state index contributed by atoms with van der Waals surface area (Å²) in [5.74, 6) is 0.504. The fraction of sp³-hybridized carbons (Fsp3) is 0.652. The first-order valence-corrected chi connectivity index (χ1v) is 11.2. The summed E-state index contributed by atoms with van der Waals surface area (Å²) in [5, 5.41) is 15.9. The number of hydrogen-bond donors (Lipinski definition) is 3. The molecule has 31 heavy (non-hydrogen) atoms. The molecule has 2 heterocycles. The van der Waals surface area contributed by atoms with E-state index in [1.807, 2.05) is 12.1 Å². The van der Waals surface area contributed by atoms with Crippen molar-refractivity contribution in [1.29, 1.82) is 0 Å². The molecule has 170 valence electrons. The van der Waals surface area contributed by atoms with Crippen molar-refractivity contribution in [2.75, 3.05) is 25.6 Å². The fourth-order valence-electron chi connectivity index (χ4n) is 5.04. The Balaban J connectivity index is 1.43. The Hall–Kier alpha value is -2.16. The monoisotopic (exact) mass is 432 g/mol. The van der Waals surface area contributed by atoms with Crippen LogP contribution in [0.15, 0.2) is 18.2 Å². The van der Waals surface area contributed by atoms with E-state index in [-0.39, 0.29) is 55.6 Å². The normalized spacial score (nSPS) is 27.7. The van der Waals surface area contributed by atoms with E-state index in [0.717, 1.165) is 24.2 Å². The third kappa shape index (κ3) is 5.19. The minimum absolute atomic E-state index is 0.00626. The quantitative estimate of drug-likeness (QED) is 0.609. The van der Waals surface area contributed by atoms with Crippen LogP contribution in [0, 0.1) is 0 Å². The van der Waals surface area contributed by atoms with Gasteiger partial charge in [-0.05, 0) is 37.5 Å². The number of fused-ring (bicyclic) bond motifs is 3. The zero-order valence-electron chi connectivity index (χ0n) is 18.0. The lowest BCUT2D eigenvalue weighted by Crippen LogP contribution is -2.48. The molecule has 3 aliphatic rings. The highest BCUT2D eigenvalue weighted by Gasteiger charge is 2.46. The van der Waals surface area contributed by atoms with Gasteiger partial charge in [0.1, 0.15) is 24.6 Å². The molecule has 4 atom stereocenters. The summed E-state index contributed by atoms with van der Waals surface area (Å²) in [5.41, 5.74) is 1.64. The molecular formula is C23H32N2O6. The maximum Gasteiger partial charge on any atom is 0.250 e. The molecule has 0 radical (unpaired) electrons. The SMILES string of the molecule is COCC(=O)Nc1ccc2c(c1)[C@H]1C[C@@H](CC(=O)NC3CCCCC3)O[C@H](CO)[C@H]1O2. The number of amides is 2. The predicted octanol–water partition coefficient (Wildman–Crippen LogP) is 2.10. The van der Waals surface area contributed by atoms with Gasteiger partial charge < -0.3 is 30.0 Å². The maximum atomic E-state index is 12.6. The standard InChI is InChI=1S/C23H32N2O6/c1-29-13-22(28)25-15-7-8-19-17(9-15)18-10-16(30-20(12-26)23(18)31-19)11-21(27)24-14-5-3-2-4-6-14/h7-9,14,16,18,20,23,26H,2-6,10-13H2,1H3,(H,24,27)(H,25,28)/t16-,18+,20+,23-/m0/s1. The number of aliphatic hydroxyl groups excluding tert-OH is 1. The first kappa shape index (κ1) is 22.0. The number of methoxy groups -OCH3 is 1. The Labute approximate surface area is 182 Å². The van der Waals surface area contributed by atoms with Gasteiger partial charge in [0.15, 0.2) is 0 Å². The average Bonchev–Trinajstić information content (AvgIpc) is 3.12. The molecule has 1 saturated carbocycles. The number of ether oxygens (including phenoxy) is 3. The Kier molecular flexibility index (Phi) is 7.09. The third-order valence-electron chi connectivity index (χ3n) is 6.44. The van der Waals surface area contributed by atoms with E-state index in [4.69, 9.17) is 14.2 Å². The van der Waals surface area contributed by atoms with Crippen molar-refractivity contribution in [3.8, 4) is 5.75 Å². The molecule has 1 aromatic rings. The van der Waals surface area contributed by atoms with Gasteiger partial charge in [0.25, 0.3) is 0 Å². The van der Waals surface area contributed by atoms with Gasteiger partial charge in [-0.2, -0.15) is 0 Å². The molecule has 3 N–H and O–H groups in total. The lowest BCUT2D eigenvalue weighted by Gasteiger charge is -2.37. The highest BCUT2D eigenvalue weighted by molar-refractivity contribution is 5.92. The molecule has 0 bridgehead atoms. The summed E-state index contributed by atoms with van der Waals surface area (Å²) >= 11 is 0. The van der Waals surface area contributed by atoms with Crippen molar-refractivity contribution >= 4 is 17.5 Å².